The average molecular weight is 283 g/mol. The zero-order valence-electron chi connectivity index (χ0n) is 7.96. The maximum atomic E-state index is 10.4. The zero-order chi connectivity index (χ0) is 12.9. The van der Waals surface area contributed by atoms with Crippen molar-refractivity contribution in [2.75, 3.05) is 6.61 Å². The summed E-state index contributed by atoms with van der Waals surface area (Å²) in [5.41, 5.74) is 0. The molecule has 0 radical (unpaired) electrons. The van der Waals surface area contributed by atoms with Crippen molar-refractivity contribution < 1.29 is 38.2 Å². The van der Waals surface area contributed by atoms with Crippen molar-refractivity contribution in [2.24, 2.45) is 0 Å². The fourth-order valence-electron chi connectivity index (χ4n) is 0.898. The molecule has 0 saturated carbocycles. The van der Waals surface area contributed by atoms with E-state index in [4.69, 9.17) is 19.9 Å². The van der Waals surface area contributed by atoms with Gasteiger partial charge in [-0.25, -0.2) is 0 Å². The second-order valence-electron chi connectivity index (χ2n) is 2.99. The third-order valence-electron chi connectivity index (χ3n) is 1.73. The Bertz CT molecular complexity index is 322. The van der Waals surface area contributed by atoms with Crippen molar-refractivity contribution in [2.45, 2.75) is 24.4 Å². The molecule has 9 nitrogen and oxygen atoms in total. The molecular formula is C6H14NNaO8S. The molecule has 4 atom stereocenters. The van der Waals surface area contributed by atoms with E-state index in [2.05, 4.69) is 0 Å². The Balaban J connectivity index is 0. The average Bonchev–Trinajstić information content (AvgIpc) is 2.21. The van der Waals surface area contributed by atoms with Gasteiger partial charge in [0, 0.05) is 0 Å². The summed E-state index contributed by atoms with van der Waals surface area (Å²) < 4.78 is 30.4. The van der Waals surface area contributed by atoms with E-state index >= 15 is 0 Å². The molecule has 0 aromatic carbocycles. The summed E-state index contributed by atoms with van der Waals surface area (Å²) in [7, 11) is -4.74. The van der Waals surface area contributed by atoms with Crippen LogP contribution in [0.25, 0.3) is 0 Å². The first-order chi connectivity index (χ1) is 7.22. The molecule has 0 amide bonds. The third-order valence-corrected chi connectivity index (χ3v) is 2.30. The number of hydrogen-bond donors (Lipinski definition) is 6. The molecule has 98 valence electrons. The second kappa shape index (κ2) is 8.48. The molecule has 0 heterocycles. The Labute approximate surface area is 120 Å². The van der Waals surface area contributed by atoms with Crippen LogP contribution in [0.15, 0.2) is 0 Å². The Morgan fingerprint density at radius 1 is 1.18 bits per heavy atom. The Morgan fingerprint density at radius 2 is 1.65 bits per heavy atom. The van der Waals surface area contributed by atoms with Crippen LogP contribution in [0.2, 0.25) is 0 Å². The van der Waals surface area contributed by atoms with Gasteiger partial charge >= 0.3 is 39.9 Å². The van der Waals surface area contributed by atoms with Crippen LogP contribution in [0.4, 0.5) is 0 Å². The molecule has 6 N–H and O–H groups in total. The van der Waals surface area contributed by atoms with Crippen molar-refractivity contribution >= 4 is 46.1 Å². The molecule has 0 saturated heterocycles. The van der Waals surface area contributed by atoms with Crippen molar-refractivity contribution in [3.8, 4) is 0 Å². The van der Waals surface area contributed by atoms with Crippen LogP contribution in [0.3, 0.4) is 0 Å². The van der Waals surface area contributed by atoms with Crippen LogP contribution in [0.5, 0.6) is 0 Å². The molecule has 0 bridgehead atoms. The van der Waals surface area contributed by atoms with E-state index in [0.717, 1.165) is 0 Å². The number of carbonyl (C=O) groups excluding carboxylic acids is 1. The van der Waals surface area contributed by atoms with Crippen molar-refractivity contribution in [1.29, 1.82) is 0 Å². The number of carbonyl (C=O) groups is 1. The Kier molecular flexibility index (Phi) is 9.83. The summed E-state index contributed by atoms with van der Waals surface area (Å²) >= 11 is 0. The maximum absolute atomic E-state index is 10.4. The van der Waals surface area contributed by atoms with Crippen LogP contribution >= 0.6 is 0 Å². The van der Waals surface area contributed by atoms with Gasteiger partial charge in [-0.1, -0.05) is 0 Å². The quantitative estimate of drug-likeness (QED) is 0.154. The van der Waals surface area contributed by atoms with E-state index in [1.165, 1.54) is 4.72 Å². The van der Waals surface area contributed by atoms with Gasteiger partial charge in [0.15, 0.2) is 0 Å². The van der Waals surface area contributed by atoms with Crippen LogP contribution in [0.1, 0.15) is 0 Å². The minimum atomic E-state index is -4.74. The van der Waals surface area contributed by atoms with Gasteiger partial charge in [-0.05, 0) is 0 Å². The van der Waals surface area contributed by atoms with Gasteiger partial charge in [0.1, 0.15) is 30.6 Å². The molecule has 0 aromatic heterocycles. The van der Waals surface area contributed by atoms with E-state index in [1.807, 2.05) is 0 Å². The first-order valence-electron chi connectivity index (χ1n) is 4.08. The number of nitrogens with one attached hydrogen (secondary N) is 1. The fraction of sp³-hybridized carbons (Fsp3) is 0.833. The monoisotopic (exact) mass is 283 g/mol. The molecule has 0 aliphatic heterocycles. The van der Waals surface area contributed by atoms with Gasteiger partial charge in [-0.2, -0.15) is 13.1 Å². The zero-order valence-corrected chi connectivity index (χ0v) is 8.78. The van der Waals surface area contributed by atoms with Crippen LogP contribution in [-0.4, -0.2) is 100 Å². The molecule has 0 aliphatic carbocycles. The number of aliphatic hydroxyl groups is 4. The third kappa shape index (κ3) is 7.41. The van der Waals surface area contributed by atoms with E-state index in [9.17, 15) is 18.3 Å². The SMILES string of the molecule is O=CC(NS(=O)(=O)O)C(O)C(O)C(O)CO.[NaH]. The first-order valence-corrected chi connectivity index (χ1v) is 5.52. The summed E-state index contributed by atoms with van der Waals surface area (Å²) in [6, 6.07) is -1.84. The van der Waals surface area contributed by atoms with Crippen molar-refractivity contribution in [3.05, 3.63) is 0 Å². The van der Waals surface area contributed by atoms with Crippen LogP contribution in [-0.2, 0) is 15.1 Å². The van der Waals surface area contributed by atoms with Crippen LogP contribution in [0, 0.1) is 0 Å². The number of rotatable bonds is 7. The van der Waals surface area contributed by atoms with Gasteiger partial charge in [-0.3, -0.25) is 4.55 Å². The summed E-state index contributed by atoms with van der Waals surface area (Å²) in [6.45, 7) is -0.893. The number of aliphatic hydroxyl groups excluding tert-OH is 4. The molecular weight excluding hydrogens is 269 g/mol. The van der Waals surface area contributed by atoms with Crippen LogP contribution < -0.4 is 4.72 Å². The normalized spacial score (nSPS) is 18.6. The van der Waals surface area contributed by atoms with Crippen molar-refractivity contribution in [3.63, 3.8) is 0 Å². The summed E-state index contributed by atoms with van der Waals surface area (Å²) in [5, 5.41) is 35.8. The molecule has 0 aliphatic rings. The molecule has 17 heavy (non-hydrogen) atoms. The second-order valence-corrected chi connectivity index (χ2v) is 4.17. The van der Waals surface area contributed by atoms with Crippen molar-refractivity contribution in [1.82, 2.24) is 4.72 Å². The Hall–Kier alpha value is 0.380. The standard InChI is InChI=1S/C6H13NO8S.Na.H/c8-1-3(7-16(13,14)15)5(11)6(12)4(10)2-9;;/h1,3-7,9-12H,2H2,(H,13,14,15);;. The van der Waals surface area contributed by atoms with Gasteiger partial charge in [0.05, 0.1) is 6.61 Å². The summed E-state index contributed by atoms with van der Waals surface area (Å²) in [5.74, 6) is 0. The van der Waals surface area contributed by atoms with E-state index in [1.54, 1.807) is 0 Å². The van der Waals surface area contributed by atoms with Gasteiger partial charge < -0.3 is 25.2 Å². The molecule has 0 aromatic rings. The topological polar surface area (TPSA) is 164 Å². The number of hydrogen-bond acceptors (Lipinski definition) is 7. The molecule has 0 rings (SSSR count). The van der Waals surface area contributed by atoms with Gasteiger partial charge in [-0.15, -0.1) is 0 Å². The predicted molar refractivity (Wildman–Crippen MR) is 56.8 cm³/mol. The molecule has 0 fully saturated rings. The van der Waals surface area contributed by atoms with E-state index in [-0.39, 0.29) is 35.8 Å². The van der Waals surface area contributed by atoms with Gasteiger partial charge in [0.25, 0.3) is 0 Å². The predicted octanol–water partition coefficient (Wildman–Crippen LogP) is -4.63. The van der Waals surface area contributed by atoms with E-state index < -0.39 is 41.3 Å². The molecule has 0 spiro atoms. The Morgan fingerprint density at radius 3 is 1.94 bits per heavy atom. The van der Waals surface area contributed by atoms with E-state index in [0.29, 0.717) is 0 Å². The minimum absolute atomic E-state index is 0. The van der Waals surface area contributed by atoms with Gasteiger partial charge in [0.2, 0.25) is 0 Å². The fourth-order valence-corrected chi connectivity index (χ4v) is 1.44. The summed E-state index contributed by atoms with van der Waals surface area (Å²) in [6.07, 6.45) is -5.79. The summed E-state index contributed by atoms with van der Waals surface area (Å²) in [4.78, 5) is 10.4. The first kappa shape index (κ1) is 19.7. The number of aldehydes is 1. The molecule has 11 heteroatoms. The molecule has 4 unspecified atom stereocenters.